The maximum atomic E-state index is 12.5. The van der Waals surface area contributed by atoms with Crippen molar-refractivity contribution >= 4 is 5.97 Å². The Labute approximate surface area is 117 Å². The first-order chi connectivity index (χ1) is 9.65. The molecule has 2 heterocycles. The van der Waals surface area contributed by atoms with Gasteiger partial charge in [0, 0.05) is 17.9 Å². The fraction of sp³-hybridized carbons (Fsp3) is 0.600. The van der Waals surface area contributed by atoms with Crippen molar-refractivity contribution in [3.05, 3.63) is 33.2 Å². The number of hydrogen-bond donors (Lipinski definition) is 1. The third kappa shape index (κ3) is 2.50. The van der Waals surface area contributed by atoms with E-state index in [-0.39, 0.29) is 18.1 Å². The fourth-order valence-electron chi connectivity index (χ4n) is 3.26. The molecule has 0 bridgehead atoms. The Kier molecular flexibility index (Phi) is 3.61. The monoisotopic (exact) mass is 277 g/mol. The molecule has 1 saturated heterocycles. The molecule has 3 rings (SSSR count). The highest BCUT2D eigenvalue weighted by molar-refractivity contribution is 5.70. The number of pyridine rings is 1. The average molecular weight is 277 g/mol. The van der Waals surface area contributed by atoms with Gasteiger partial charge in [0.05, 0.1) is 19.1 Å². The molecule has 0 saturated carbocycles. The number of aliphatic carboxylic acids is 1. The number of ether oxygens (including phenoxy) is 1. The molecule has 1 fully saturated rings. The molecule has 5 heteroatoms. The van der Waals surface area contributed by atoms with Crippen LogP contribution in [-0.4, -0.2) is 28.4 Å². The predicted octanol–water partition coefficient (Wildman–Crippen LogP) is 1.14. The lowest BCUT2D eigenvalue weighted by Crippen LogP contribution is -2.32. The summed E-state index contributed by atoms with van der Waals surface area (Å²) in [5, 5.41) is 8.94. The van der Waals surface area contributed by atoms with Gasteiger partial charge in [0.15, 0.2) is 0 Å². The molecule has 0 amide bonds. The van der Waals surface area contributed by atoms with E-state index in [9.17, 15) is 9.59 Å². The highest BCUT2D eigenvalue weighted by Crippen LogP contribution is 2.23. The summed E-state index contributed by atoms with van der Waals surface area (Å²) >= 11 is 0. The molecule has 1 aromatic heterocycles. The van der Waals surface area contributed by atoms with Crippen molar-refractivity contribution in [1.29, 1.82) is 0 Å². The number of fused-ring (bicyclic) bond motifs is 1. The van der Waals surface area contributed by atoms with Crippen LogP contribution >= 0.6 is 0 Å². The van der Waals surface area contributed by atoms with Crippen LogP contribution in [-0.2, 0) is 35.3 Å². The summed E-state index contributed by atoms with van der Waals surface area (Å²) in [6.07, 6.45) is 4.80. The van der Waals surface area contributed by atoms with Crippen LogP contribution in [0.4, 0.5) is 0 Å². The largest absolute Gasteiger partial charge is 0.481 e. The van der Waals surface area contributed by atoms with E-state index in [1.807, 2.05) is 0 Å². The first kappa shape index (κ1) is 13.4. The van der Waals surface area contributed by atoms with Gasteiger partial charge in [0.1, 0.15) is 0 Å². The molecule has 1 N–H and O–H groups in total. The zero-order valence-corrected chi connectivity index (χ0v) is 11.4. The summed E-state index contributed by atoms with van der Waals surface area (Å²) in [7, 11) is 0. The first-order valence-electron chi connectivity index (χ1n) is 7.23. The van der Waals surface area contributed by atoms with Crippen LogP contribution in [0.2, 0.25) is 0 Å². The summed E-state index contributed by atoms with van der Waals surface area (Å²) in [5.41, 5.74) is 2.47. The van der Waals surface area contributed by atoms with E-state index in [1.165, 1.54) is 0 Å². The molecule has 108 valence electrons. The minimum Gasteiger partial charge on any atom is -0.481 e. The normalized spacial score (nSPS) is 21.1. The van der Waals surface area contributed by atoms with Crippen LogP contribution < -0.4 is 5.56 Å². The van der Waals surface area contributed by atoms with Crippen molar-refractivity contribution in [3.63, 3.8) is 0 Å². The summed E-state index contributed by atoms with van der Waals surface area (Å²) in [4.78, 5) is 23.4. The van der Waals surface area contributed by atoms with Crippen molar-refractivity contribution in [2.45, 2.75) is 51.2 Å². The highest BCUT2D eigenvalue weighted by atomic mass is 16.5. The number of carbonyl (C=O) groups is 1. The second kappa shape index (κ2) is 5.40. The van der Waals surface area contributed by atoms with Crippen LogP contribution in [0.3, 0.4) is 0 Å². The molecule has 0 aromatic carbocycles. The topological polar surface area (TPSA) is 68.5 Å². The van der Waals surface area contributed by atoms with Crippen LogP contribution in [0.15, 0.2) is 10.9 Å². The van der Waals surface area contributed by atoms with Gasteiger partial charge in [-0.15, -0.1) is 0 Å². The Morgan fingerprint density at radius 2 is 2.25 bits per heavy atom. The lowest BCUT2D eigenvalue weighted by molar-refractivity contribution is -0.136. The third-order valence-corrected chi connectivity index (χ3v) is 4.18. The Balaban J connectivity index is 1.99. The Hall–Kier alpha value is -1.62. The molecule has 0 radical (unpaired) electrons. The van der Waals surface area contributed by atoms with E-state index >= 15 is 0 Å². The summed E-state index contributed by atoms with van der Waals surface area (Å²) in [6, 6.07) is 1.80. The van der Waals surface area contributed by atoms with Gasteiger partial charge in [0.2, 0.25) is 0 Å². The molecule has 1 atom stereocenters. The van der Waals surface area contributed by atoms with Gasteiger partial charge in [-0.2, -0.15) is 0 Å². The fourth-order valence-corrected chi connectivity index (χ4v) is 3.26. The molecule has 1 unspecified atom stereocenters. The van der Waals surface area contributed by atoms with E-state index in [1.54, 1.807) is 10.6 Å². The smallest absolute Gasteiger partial charge is 0.308 e. The number of aromatic nitrogens is 1. The Bertz CT molecular complexity index is 584. The van der Waals surface area contributed by atoms with Crippen LogP contribution in [0.5, 0.6) is 0 Å². The summed E-state index contributed by atoms with van der Waals surface area (Å²) in [5.74, 6) is -0.955. The quantitative estimate of drug-likeness (QED) is 0.896. The summed E-state index contributed by atoms with van der Waals surface area (Å²) in [6.45, 7) is 1.32. The van der Waals surface area contributed by atoms with Crippen LogP contribution in [0.1, 0.15) is 36.1 Å². The second-order valence-electron chi connectivity index (χ2n) is 5.62. The van der Waals surface area contributed by atoms with Crippen molar-refractivity contribution in [3.8, 4) is 0 Å². The number of nitrogens with zero attached hydrogens (tertiary/aromatic N) is 1. The minimum absolute atomic E-state index is 0.0949. The maximum absolute atomic E-state index is 12.5. The van der Waals surface area contributed by atoms with Gasteiger partial charge in [-0.1, -0.05) is 0 Å². The lowest BCUT2D eigenvalue weighted by Gasteiger charge is -2.17. The van der Waals surface area contributed by atoms with Gasteiger partial charge in [0.25, 0.3) is 5.56 Å². The number of hydrogen-bond acceptors (Lipinski definition) is 3. The molecule has 1 aliphatic heterocycles. The van der Waals surface area contributed by atoms with Gasteiger partial charge in [-0.25, -0.2) is 0 Å². The van der Waals surface area contributed by atoms with E-state index in [0.717, 1.165) is 50.0 Å². The van der Waals surface area contributed by atoms with E-state index in [2.05, 4.69) is 0 Å². The summed E-state index contributed by atoms with van der Waals surface area (Å²) < 4.78 is 7.39. The van der Waals surface area contributed by atoms with Crippen molar-refractivity contribution in [1.82, 2.24) is 4.57 Å². The molecular formula is C15H19NO4. The molecule has 1 aromatic rings. The standard InChI is InChI=1S/C15H19NO4/c17-14(18)8-11-7-10-3-1-5-13(10)16(15(11)19)9-12-4-2-6-20-12/h7,12H,1-6,8-9H2,(H,17,18). The second-order valence-corrected chi connectivity index (χ2v) is 5.62. The first-order valence-corrected chi connectivity index (χ1v) is 7.23. The Morgan fingerprint density at radius 1 is 1.40 bits per heavy atom. The van der Waals surface area contributed by atoms with E-state index in [0.29, 0.717) is 12.1 Å². The van der Waals surface area contributed by atoms with Gasteiger partial charge in [-0.3, -0.25) is 9.59 Å². The van der Waals surface area contributed by atoms with E-state index < -0.39 is 5.97 Å². The number of aryl methyl sites for hydroxylation is 1. The highest BCUT2D eigenvalue weighted by Gasteiger charge is 2.23. The maximum Gasteiger partial charge on any atom is 0.308 e. The van der Waals surface area contributed by atoms with Gasteiger partial charge < -0.3 is 14.4 Å². The van der Waals surface area contributed by atoms with E-state index in [4.69, 9.17) is 9.84 Å². The Morgan fingerprint density at radius 3 is 2.95 bits per heavy atom. The van der Waals surface area contributed by atoms with Gasteiger partial charge >= 0.3 is 5.97 Å². The molecule has 5 nitrogen and oxygen atoms in total. The third-order valence-electron chi connectivity index (χ3n) is 4.18. The number of carboxylic acid groups (broad SMARTS) is 1. The zero-order valence-electron chi connectivity index (χ0n) is 11.4. The predicted molar refractivity (Wildman–Crippen MR) is 73.0 cm³/mol. The van der Waals surface area contributed by atoms with Gasteiger partial charge in [-0.05, 0) is 43.7 Å². The SMILES string of the molecule is O=C(O)Cc1cc2c(n(CC3CCCO3)c1=O)CCC2. The molecular weight excluding hydrogens is 258 g/mol. The molecule has 1 aliphatic carbocycles. The number of carboxylic acids is 1. The lowest BCUT2D eigenvalue weighted by atomic mass is 10.1. The van der Waals surface area contributed by atoms with Crippen molar-refractivity contribution in [2.75, 3.05) is 6.61 Å². The van der Waals surface area contributed by atoms with Crippen molar-refractivity contribution < 1.29 is 14.6 Å². The zero-order chi connectivity index (χ0) is 14.1. The molecule has 2 aliphatic rings. The van der Waals surface area contributed by atoms with Crippen LogP contribution in [0.25, 0.3) is 0 Å². The number of rotatable bonds is 4. The average Bonchev–Trinajstić information content (AvgIpc) is 3.04. The minimum atomic E-state index is -0.955. The molecule has 0 spiro atoms. The van der Waals surface area contributed by atoms with Crippen LogP contribution in [0, 0.1) is 0 Å². The molecule has 20 heavy (non-hydrogen) atoms. The van der Waals surface area contributed by atoms with Crippen molar-refractivity contribution in [2.24, 2.45) is 0 Å².